The molecule has 1 aromatic carbocycles. The second kappa shape index (κ2) is 3.89. The second-order valence-corrected chi connectivity index (χ2v) is 3.88. The predicted octanol–water partition coefficient (Wildman–Crippen LogP) is 2.48. The first-order valence-electron chi connectivity index (χ1n) is 5.15. The Morgan fingerprint density at radius 1 is 0.875 bits per heavy atom. The minimum atomic E-state index is -0.0913. The molecule has 0 radical (unpaired) electrons. The summed E-state index contributed by atoms with van der Waals surface area (Å²) in [5.74, 6) is -0.177. The minimum Gasteiger partial charge on any atom is -0.290 e. The van der Waals surface area contributed by atoms with Crippen LogP contribution in [0.25, 0.3) is 5.57 Å². The largest absolute Gasteiger partial charge is 0.290 e. The van der Waals surface area contributed by atoms with E-state index in [1.807, 2.05) is 31.2 Å². The van der Waals surface area contributed by atoms with E-state index in [1.54, 1.807) is 6.92 Å². The molecule has 0 unspecified atom stereocenters. The van der Waals surface area contributed by atoms with E-state index in [0.29, 0.717) is 11.1 Å². The lowest BCUT2D eigenvalue weighted by atomic mass is 9.88. The molecule has 0 heterocycles. The van der Waals surface area contributed by atoms with E-state index in [4.69, 9.17) is 0 Å². The van der Waals surface area contributed by atoms with Crippen LogP contribution in [-0.4, -0.2) is 11.6 Å². The molecule has 2 heteroatoms. The van der Waals surface area contributed by atoms with Gasteiger partial charge in [-0.3, -0.25) is 9.59 Å². The van der Waals surface area contributed by atoms with Crippen LogP contribution in [0.1, 0.15) is 18.1 Å². The molecule has 0 atom stereocenters. The van der Waals surface area contributed by atoms with Crippen molar-refractivity contribution in [3.63, 3.8) is 0 Å². The number of carbonyl (C=O) groups excluding carboxylic acids is 2. The van der Waals surface area contributed by atoms with Crippen LogP contribution >= 0.6 is 0 Å². The van der Waals surface area contributed by atoms with Crippen molar-refractivity contribution in [3.05, 3.63) is 53.1 Å². The Hall–Kier alpha value is -1.96. The van der Waals surface area contributed by atoms with Gasteiger partial charge in [-0.2, -0.15) is 0 Å². The van der Waals surface area contributed by atoms with Crippen LogP contribution in [0.4, 0.5) is 0 Å². The maximum Gasteiger partial charge on any atom is 0.186 e. The Labute approximate surface area is 94.3 Å². The first kappa shape index (κ1) is 10.6. The van der Waals surface area contributed by atoms with Gasteiger partial charge in [0.25, 0.3) is 0 Å². The average Bonchev–Trinajstić information content (AvgIpc) is 2.27. The zero-order chi connectivity index (χ0) is 11.7. The number of ketones is 2. The van der Waals surface area contributed by atoms with Gasteiger partial charge in [-0.05, 0) is 37.1 Å². The van der Waals surface area contributed by atoms with Crippen molar-refractivity contribution >= 4 is 17.1 Å². The van der Waals surface area contributed by atoms with Crippen LogP contribution in [0.5, 0.6) is 0 Å². The van der Waals surface area contributed by atoms with Crippen molar-refractivity contribution in [3.8, 4) is 0 Å². The highest BCUT2D eigenvalue weighted by molar-refractivity contribution is 6.36. The molecule has 1 aromatic rings. The molecule has 0 saturated carbocycles. The highest BCUT2D eigenvalue weighted by atomic mass is 16.1. The van der Waals surface area contributed by atoms with Gasteiger partial charge in [-0.1, -0.05) is 24.3 Å². The fraction of sp³-hybridized carbons (Fsp3) is 0.143. The second-order valence-electron chi connectivity index (χ2n) is 3.88. The Morgan fingerprint density at radius 2 is 1.50 bits per heavy atom. The monoisotopic (exact) mass is 212 g/mol. The Balaban J connectivity index is 2.64. The van der Waals surface area contributed by atoms with Crippen molar-refractivity contribution in [1.82, 2.24) is 0 Å². The first-order valence-corrected chi connectivity index (χ1v) is 5.15. The van der Waals surface area contributed by atoms with Gasteiger partial charge in [-0.15, -0.1) is 0 Å². The van der Waals surface area contributed by atoms with Crippen molar-refractivity contribution in [2.24, 2.45) is 0 Å². The molecule has 0 spiro atoms. The zero-order valence-electron chi connectivity index (χ0n) is 9.28. The van der Waals surface area contributed by atoms with E-state index in [1.165, 1.54) is 12.2 Å². The minimum absolute atomic E-state index is 0.0853. The maximum absolute atomic E-state index is 11.8. The molecule has 1 aliphatic carbocycles. The van der Waals surface area contributed by atoms with Crippen LogP contribution in [0.3, 0.4) is 0 Å². The maximum atomic E-state index is 11.8. The number of aryl methyl sites for hydroxylation is 1. The van der Waals surface area contributed by atoms with E-state index in [-0.39, 0.29) is 11.6 Å². The quantitative estimate of drug-likeness (QED) is 0.670. The smallest absolute Gasteiger partial charge is 0.186 e. The van der Waals surface area contributed by atoms with Gasteiger partial charge in [0.1, 0.15) is 0 Å². The summed E-state index contributed by atoms with van der Waals surface area (Å²) in [6.45, 7) is 3.64. The van der Waals surface area contributed by atoms with Gasteiger partial charge >= 0.3 is 0 Å². The predicted molar refractivity (Wildman–Crippen MR) is 62.9 cm³/mol. The number of rotatable bonds is 1. The summed E-state index contributed by atoms with van der Waals surface area (Å²) in [4.78, 5) is 23.3. The summed E-state index contributed by atoms with van der Waals surface area (Å²) in [6.07, 6.45) is 2.68. The lowest BCUT2D eigenvalue weighted by molar-refractivity contribution is -0.113. The molecule has 0 saturated heterocycles. The lowest BCUT2D eigenvalue weighted by Gasteiger charge is -2.13. The summed E-state index contributed by atoms with van der Waals surface area (Å²) < 4.78 is 0. The normalized spacial score (nSPS) is 15.9. The molecule has 0 N–H and O–H groups in total. The van der Waals surface area contributed by atoms with Gasteiger partial charge in [0.05, 0.1) is 0 Å². The molecule has 1 aliphatic rings. The van der Waals surface area contributed by atoms with E-state index in [9.17, 15) is 9.59 Å². The number of benzene rings is 1. The summed E-state index contributed by atoms with van der Waals surface area (Å²) in [5.41, 5.74) is 2.92. The van der Waals surface area contributed by atoms with Gasteiger partial charge in [-0.25, -0.2) is 0 Å². The number of allylic oxidation sites excluding steroid dienone is 4. The summed E-state index contributed by atoms with van der Waals surface area (Å²) in [5, 5.41) is 0. The SMILES string of the molecule is CC1=C(c2ccccc2C)C(=O)C=CC1=O. The van der Waals surface area contributed by atoms with Crippen molar-refractivity contribution in [2.45, 2.75) is 13.8 Å². The third-order valence-electron chi connectivity index (χ3n) is 2.79. The summed E-state index contributed by atoms with van der Waals surface area (Å²) in [7, 11) is 0. The molecule has 2 rings (SSSR count). The van der Waals surface area contributed by atoms with Crippen LogP contribution < -0.4 is 0 Å². The number of hydrogen-bond donors (Lipinski definition) is 0. The van der Waals surface area contributed by atoms with Crippen molar-refractivity contribution in [2.75, 3.05) is 0 Å². The van der Waals surface area contributed by atoms with E-state index >= 15 is 0 Å². The third-order valence-corrected chi connectivity index (χ3v) is 2.79. The third kappa shape index (κ3) is 1.63. The lowest BCUT2D eigenvalue weighted by Crippen LogP contribution is -2.12. The Kier molecular flexibility index (Phi) is 2.57. The fourth-order valence-corrected chi connectivity index (χ4v) is 1.86. The number of hydrogen-bond acceptors (Lipinski definition) is 2. The van der Waals surface area contributed by atoms with Crippen LogP contribution in [0.2, 0.25) is 0 Å². The van der Waals surface area contributed by atoms with Crippen LogP contribution in [-0.2, 0) is 9.59 Å². The van der Waals surface area contributed by atoms with Crippen molar-refractivity contribution < 1.29 is 9.59 Å². The fourth-order valence-electron chi connectivity index (χ4n) is 1.86. The van der Waals surface area contributed by atoms with E-state index in [0.717, 1.165) is 11.1 Å². The van der Waals surface area contributed by atoms with Crippen LogP contribution in [0.15, 0.2) is 42.0 Å². The summed E-state index contributed by atoms with van der Waals surface area (Å²) in [6, 6.07) is 7.60. The van der Waals surface area contributed by atoms with E-state index < -0.39 is 0 Å². The Bertz CT molecular complexity index is 533. The standard InChI is InChI=1S/C14H12O2/c1-9-5-3-4-6-11(9)14-10(2)12(15)7-8-13(14)16/h3-8H,1-2H3. The Morgan fingerprint density at radius 3 is 2.19 bits per heavy atom. The van der Waals surface area contributed by atoms with Gasteiger partial charge < -0.3 is 0 Å². The van der Waals surface area contributed by atoms with Gasteiger partial charge in [0.2, 0.25) is 0 Å². The molecule has 0 bridgehead atoms. The average molecular weight is 212 g/mol. The molecule has 2 nitrogen and oxygen atoms in total. The number of carbonyl (C=O) groups is 2. The highest BCUT2D eigenvalue weighted by Crippen LogP contribution is 2.26. The summed E-state index contributed by atoms with van der Waals surface area (Å²) >= 11 is 0. The molecule has 0 fully saturated rings. The first-order chi connectivity index (χ1) is 7.61. The molecular formula is C14H12O2. The van der Waals surface area contributed by atoms with Gasteiger partial charge in [0.15, 0.2) is 11.6 Å². The molecule has 0 aromatic heterocycles. The molecule has 80 valence electrons. The molecule has 0 amide bonds. The molecular weight excluding hydrogens is 200 g/mol. The zero-order valence-corrected chi connectivity index (χ0v) is 9.28. The van der Waals surface area contributed by atoms with E-state index in [2.05, 4.69) is 0 Å². The topological polar surface area (TPSA) is 34.1 Å². The van der Waals surface area contributed by atoms with Gasteiger partial charge in [0, 0.05) is 11.1 Å². The van der Waals surface area contributed by atoms with Crippen molar-refractivity contribution in [1.29, 1.82) is 0 Å². The molecule has 16 heavy (non-hydrogen) atoms. The molecule has 0 aliphatic heterocycles. The highest BCUT2D eigenvalue weighted by Gasteiger charge is 2.21. The van der Waals surface area contributed by atoms with Crippen LogP contribution in [0, 0.1) is 6.92 Å².